The highest BCUT2D eigenvalue weighted by molar-refractivity contribution is 6.26. The van der Waals surface area contributed by atoms with E-state index in [0.717, 1.165) is 0 Å². The lowest BCUT2D eigenvalue weighted by atomic mass is 9.71. The lowest BCUT2D eigenvalue weighted by Crippen LogP contribution is -2.38. The number of Topliss-reactive ketones (excluding diaryl/α,β-unsaturated/α-hetero) is 1. The van der Waals surface area contributed by atoms with Crippen LogP contribution < -0.4 is 0 Å². The molecule has 0 heterocycles. The number of aliphatic hydroxyl groups is 1. The molecule has 5 heteroatoms. The van der Waals surface area contributed by atoms with E-state index >= 15 is 0 Å². The number of fused-ring (bicyclic) bond motifs is 1. The van der Waals surface area contributed by atoms with Gasteiger partial charge in [0.2, 0.25) is 0 Å². The second-order valence-corrected chi connectivity index (χ2v) is 5.06. The first-order chi connectivity index (χ1) is 9.32. The van der Waals surface area contributed by atoms with E-state index in [4.69, 9.17) is 4.74 Å². The first-order valence-electron chi connectivity index (χ1n) is 6.26. The van der Waals surface area contributed by atoms with Crippen LogP contribution in [-0.2, 0) is 19.7 Å². The van der Waals surface area contributed by atoms with Crippen LogP contribution in [0.25, 0.3) is 5.76 Å². The van der Waals surface area contributed by atoms with Crippen LogP contribution in [-0.4, -0.2) is 23.5 Å². The standard InChI is InChI=1S/C15H15FO4/c1-4-20-14(19)11-12(17)10-8(6-5-7-9(10)16)15(2,3)13(11)18/h5-7,17H,4H2,1-3H3. The summed E-state index contributed by atoms with van der Waals surface area (Å²) in [6.07, 6.45) is 0. The maximum atomic E-state index is 14.0. The van der Waals surface area contributed by atoms with E-state index in [9.17, 15) is 19.1 Å². The van der Waals surface area contributed by atoms with Gasteiger partial charge < -0.3 is 9.84 Å². The highest BCUT2D eigenvalue weighted by atomic mass is 19.1. The molecule has 20 heavy (non-hydrogen) atoms. The highest BCUT2D eigenvalue weighted by Crippen LogP contribution is 2.40. The molecular weight excluding hydrogens is 263 g/mol. The van der Waals surface area contributed by atoms with Gasteiger partial charge in [-0.05, 0) is 32.4 Å². The second kappa shape index (κ2) is 4.74. The molecule has 1 aliphatic carbocycles. The number of esters is 1. The monoisotopic (exact) mass is 278 g/mol. The number of aliphatic hydroxyl groups excluding tert-OH is 1. The van der Waals surface area contributed by atoms with Gasteiger partial charge in [-0.3, -0.25) is 4.79 Å². The third-order valence-corrected chi connectivity index (χ3v) is 3.43. The molecule has 0 amide bonds. The molecule has 0 saturated heterocycles. The van der Waals surface area contributed by atoms with Gasteiger partial charge in [0.15, 0.2) is 5.78 Å². The third kappa shape index (κ3) is 1.90. The van der Waals surface area contributed by atoms with Crippen molar-refractivity contribution in [3.8, 4) is 0 Å². The topological polar surface area (TPSA) is 63.6 Å². The highest BCUT2D eigenvalue weighted by Gasteiger charge is 2.44. The van der Waals surface area contributed by atoms with Gasteiger partial charge in [0.1, 0.15) is 17.1 Å². The average molecular weight is 278 g/mol. The number of ether oxygens (including phenoxy) is 1. The molecular formula is C15H15FO4. The molecule has 4 nitrogen and oxygen atoms in total. The Bertz CT molecular complexity index is 629. The molecule has 1 N–H and O–H groups in total. The lowest BCUT2D eigenvalue weighted by Gasteiger charge is -2.31. The van der Waals surface area contributed by atoms with Crippen molar-refractivity contribution in [2.24, 2.45) is 0 Å². The third-order valence-electron chi connectivity index (χ3n) is 3.43. The van der Waals surface area contributed by atoms with Gasteiger partial charge in [-0.15, -0.1) is 0 Å². The van der Waals surface area contributed by atoms with E-state index in [1.165, 1.54) is 12.1 Å². The molecule has 1 aromatic rings. The number of hydrogen-bond acceptors (Lipinski definition) is 4. The van der Waals surface area contributed by atoms with Gasteiger partial charge in [-0.1, -0.05) is 12.1 Å². The maximum absolute atomic E-state index is 14.0. The number of hydrogen-bond donors (Lipinski definition) is 1. The molecule has 0 spiro atoms. The van der Waals surface area contributed by atoms with Crippen molar-refractivity contribution in [3.63, 3.8) is 0 Å². The lowest BCUT2D eigenvalue weighted by molar-refractivity contribution is -0.140. The fourth-order valence-electron chi connectivity index (χ4n) is 2.35. The van der Waals surface area contributed by atoms with E-state index < -0.39 is 34.3 Å². The van der Waals surface area contributed by atoms with Crippen LogP contribution in [0.2, 0.25) is 0 Å². The zero-order valence-electron chi connectivity index (χ0n) is 11.5. The van der Waals surface area contributed by atoms with Crippen LogP contribution in [0.1, 0.15) is 31.9 Å². The first-order valence-corrected chi connectivity index (χ1v) is 6.26. The zero-order valence-corrected chi connectivity index (χ0v) is 11.5. The first kappa shape index (κ1) is 14.2. The van der Waals surface area contributed by atoms with Gasteiger partial charge in [0.25, 0.3) is 0 Å². The summed E-state index contributed by atoms with van der Waals surface area (Å²) in [5, 5.41) is 10.1. The zero-order chi connectivity index (χ0) is 15.1. The van der Waals surface area contributed by atoms with E-state index in [1.54, 1.807) is 26.8 Å². The molecule has 0 saturated carbocycles. The van der Waals surface area contributed by atoms with Gasteiger partial charge in [0, 0.05) is 0 Å². The second-order valence-electron chi connectivity index (χ2n) is 5.06. The summed E-state index contributed by atoms with van der Waals surface area (Å²) >= 11 is 0. The predicted octanol–water partition coefficient (Wildman–Crippen LogP) is 2.52. The minimum Gasteiger partial charge on any atom is -0.506 e. The number of benzene rings is 1. The quantitative estimate of drug-likeness (QED) is 0.667. The van der Waals surface area contributed by atoms with Crippen molar-refractivity contribution in [1.29, 1.82) is 0 Å². The van der Waals surface area contributed by atoms with Crippen molar-refractivity contribution in [1.82, 2.24) is 0 Å². The SMILES string of the molecule is CCOC(=O)C1=C(O)c2c(F)cccc2C(C)(C)C1=O. The number of ketones is 1. The Morgan fingerprint density at radius 2 is 2.05 bits per heavy atom. The summed E-state index contributed by atoms with van der Waals surface area (Å²) in [7, 11) is 0. The molecule has 0 atom stereocenters. The van der Waals surface area contributed by atoms with Crippen LogP contribution in [0.5, 0.6) is 0 Å². The summed E-state index contributed by atoms with van der Waals surface area (Å²) in [5.74, 6) is -2.84. The van der Waals surface area contributed by atoms with E-state index in [-0.39, 0.29) is 12.2 Å². The normalized spacial score (nSPS) is 16.9. The van der Waals surface area contributed by atoms with Crippen LogP contribution >= 0.6 is 0 Å². The summed E-state index contributed by atoms with van der Waals surface area (Å²) < 4.78 is 18.7. The van der Waals surface area contributed by atoms with Crippen molar-refractivity contribution >= 4 is 17.5 Å². The largest absolute Gasteiger partial charge is 0.506 e. The van der Waals surface area contributed by atoms with Crippen LogP contribution in [0.3, 0.4) is 0 Å². The molecule has 2 rings (SSSR count). The van der Waals surface area contributed by atoms with E-state index in [1.807, 2.05) is 0 Å². The van der Waals surface area contributed by atoms with Gasteiger partial charge in [-0.2, -0.15) is 0 Å². The molecule has 0 bridgehead atoms. The van der Waals surface area contributed by atoms with E-state index in [2.05, 4.69) is 0 Å². The molecule has 0 unspecified atom stereocenters. The Morgan fingerprint density at radius 1 is 1.40 bits per heavy atom. The fourth-order valence-corrected chi connectivity index (χ4v) is 2.35. The summed E-state index contributed by atoms with van der Waals surface area (Å²) in [4.78, 5) is 24.3. The Balaban J connectivity index is 2.75. The van der Waals surface area contributed by atoms with Crippen molar-refractivity contribution in [2.75, 3.05) is 6.61 Å². The molecule has 0 aliphatic heterocycles. The number of halogens is 1. The molecule has 0 fully saturated rings. The van der Waals surface area contributed by atoms with Crippen molar-refractivity contribution in [2.45, 2.75) is 26.2 Å². The van der Waals surface area contributed by atoms with Crippen LogP contribution in [0.15, 0.2) is 23.8 Å². The summed E-state index contributed by atoms with van der Waals surface area (Å²) in [5.41, 5.74) is -1.35. The minimum absolute atomic E-state index is 0.0629. The Kier molecular flexibility index (Phi) is 3.38. The Hall–Kier alpha value is -2.17. The van der Waals surface area contributed by atoms with Crippen LogP contribution in [0, 0.1) is 5.82 Å². The molecule has 1 aromatic carbocycles. The van der Waals surface area contributed by atoms with Crippen molar-refractivity contribution in [3.05, 3.63) is 40.7 Å². The molecule has 1 aliphatic rings. The van der Waals surface area contributed by atoms with Gasteiger partial charge >= 0.3 is 5.97 Å². The summed E-state index contributed by atoms with van der Waals surface area (Å²) in [6.45, 7) is 4.81. The fraction of sp³-hybridized carbons (Fsp3) is 0.333. The Morgan fingerprint density at radius 3 is 2.65 bits per heavy atom. The number of rotatable bonds is 2. The number of carbonyl (C=O) groups excluding carboxylic acids is 2. The average Bonchev–Trinajstić information content (AvgIpc) is 2.37. The number of carbonyl (C=O) groups is 2. The van der Waals surface area contributed by atoms with E-state index in [0.29, 0.717) is 5.56 Å². The molecule has 0 radical (unpaired) electrons. The Labute approximate surface area is 115 Å². The molecule has 0 aromatic heterocycles. The predicted molar refractivity (Wildman–Crippen MR) is 70.6 cm³/mol. The van der Waals surface area contributed by atoms with Gasteiger partial charge in [0.05, 0.1) is 17.6 Å². The van der Waals surface area contributed by atoms with Crippen molar-refractivity contribution < 1.29 is 23.8 Å². The van der Waals surface area contributed by atoms with Gasteiger partial charge in [-0.25, -0.2) is 9.18 Å². The summed E-state index contributed by atoms with van der Waals surface area (Å²) in [6, 6.07) is 4.20. The van der Waals surface area contributed by atoms with Crippen LogP contribution in [0.4, 0.5) is 4.39 Å². The molecule has 106 valence electrons. The smallest absolute Gasteiger partial charge is 0.345 e. The maximum Gasteiger partial charge on any atom is 0.345 e. The minimum atomic E-state index is -1.11.